The van der Waals surface area contributed by atoms with E-state index in [1.807, 2.05) is 6.07 Å². The Balaban J connectivity index is 0.000000581. The lowest BCUT2D eigenvalue weighted by molar-refractivity contribution is -0.139. The Kier molecular flexibility index (Phi) is 18.2. The van der Waals surface area contributed by atoms with Crippen molar-refractivity contribution in [3.05, 3.63) is 79.1 Å². The fourth-order valence-corrected chi connectivity index (χ4v) is 3.44. The number of rotatable bonds is 8. The molecular weight excluding hydrogens is 519 g/mol. The predicted molar refractivity (Wildman–Crippen MR) is 157 cm³/mol. The highest BCUT2D eigenvalue weighted by Crippen LogP contribution is 2.21. The molecule has 0 aliphatic carbocycles. The highest BCUT2D eigenvalue weighted by molar-refractivity contribution is 5.90. The van der Waals surface area contributed by atoms with Crippen LogP contribution in [0, 0.1) is 0 Å². The van der Waals surface area contributed by atoms with Crippen LogP contribution in [0.4, 0.5) is 18.0 Å². The maximum absolute atomic E-state index is 12.0. The van der Waals surface area contributed by atoms with Gasteiger partial charge in [-0.05, 0) is 49.9 Å². The van der Waals surface area contributed by atoms with Crippen LogP contribution in [0.25, 0.3) is 11.3 Å². The molecule has 0 unspecified atom stereocenters. The number of allylic oxidation sites excluding steroid dienone is 4. The number of nitrogens with zero attached hydrogens (tertiary/aromatic N) is 2. The quantitative estimate of drug-likeness (QED) is 0.243. The Bertz CT molecular complexity index is 1050. The van der Waals surface area contributed by atoms with Crippen LogP contribution < -0.4 is 10.6 Å². The molecule has 2 heterocycles. The minimum Gasteiger partial charge on any atom is -0.357 e. The fourth-order valence-electron chi connectivity index (χ4n) is 3.44. The van der Waals surface area contributed by atoms with Crippen LogP contribution >= 0.6 is 0 Å². The highest BCUT2D eigenvalue weighted by Gasteiger charge is 2.38. The van der Waals surface area contributed by atoms with E-state index in [2.05, 4.69) is 104 Å². The number of hydrogen-bond acceptors (Lipinski definition) is 3. The molecule has 3 N–H and O–H groups in total. The number of urea groups is 1. The molecule has 0 spiro atoms. The summed E-state index contributed by atoms with van der Waals surface area (Å²) in [5, 5.41) is 11.6. The third kappa shape index (κ3) is 14.9. The standard InChI is InChI=1S/C12H14N2.C8H12F3N3O2.C8H14.C2H4/c1-2-4-10-5-3-6-11(9-10)12-7-8-13-14-12;1-12-6(15)5-4-13-7(16)14(5)3-2-8(9,10)11;1-4-5-6-7-8(2)3;1-2/h3,5-9H,2,4H2,1H3,(H,13,14);5H,2-4H2,1H3,(H,12,15)(H,13,16);5-7H,4H2,1-3H3;1-2H2/b;;6-5-;/t;5-;;/m.1../s1. The Morgan fingerprint density at radius 1 is 1.23 bits per heavy atom. The Labute approximate surface area is 236 Å². The van der Waals surface area contributed by atoms with Gasteiger partial charge in [-0.3, -0.25) is 9.89 Å². The van der Waals surface area contributed by atoms with Gasteiger partial charge in [0.1, 0.15) is 6.04 Å². The lowest BCUT2D eigenvalue weighted by Gasteiger charge is -2.22. The number of H-pyrrole nitrogens is 1. The van der Waals surface area contributed by atoms with Crippen molar-refractivity contribution >= 4 is 11.9 Å². The molecule has 0 bridgehead atoms. The van der Waals surface area contributed by atoms with Gasteiger partial charge in [0.2, 0.25) is 5.91 Å². The van der Waals surface area contributed by atoms with Crippen LogP contribution in [0.2, 0.25) is 0 Å². The van der Waals surface area contributed by atoms with E-state index in [0.29, 0.717) is 0 Å². The molecule has 1 aromatic heterocycles. The van der Waals surface area contributed by atoms with Gasteiger partial charge >= 0.3 is 12.2 Å². The normalized spacial score (nSPS) is 14.1. The molecule has 0 saturated carbocycles. The first kappa shape index (κ1) is 36.2. The van der Waals surface area contributed by atoms with E-state index < -0.39 is 37.1 Å². The first-order valence-electron chi connectivity index (χ1n) is 13.2. The number of benzene rings is 1. The molecule has 0 radical (unpaired) electrons. The van der Waals surface area contributed by atoms with Crippen molar-refractivity contribution < 1.29 is 22.8 Å². The number of aromatic amines is 1. The number of aromatic nitrogens is 2. The Hall–Kier alpha value is -3.82. The number of likely N-dealkylation sites (N-methyl/N-ethyl adjacent to an activating group) is 1. The lowest BCUT2D eigenvalue weighted by Crippen LogP contribution is -2.45. The molecule has 10 heteroatoms. The Morgan fingerprint density at radius 2 is 1.93 bits per heavy atom. The third-order valence-corrected chi connectivity index (χ3v) is 5.35. The highest BCUT2D eigenvalue weighted by atomic mass is 19.4. The van der Waals surface area contributed by atoms with Crippen molar-refractivity contribution in [1.82, 2.24) is 25.7 Å². The molecule has 7 nitrogen and oxygen atoms in total. The number of alkyl halides is 3. The molecule has 2 aromatic rings. The van der Waals surface area contributed by atoms with Gasteiger partial charge in [-0.25, -0.2) is 4.79 Å². The average Bonchev–Trinajstić information content (AvgIpc) is 3.59. The molecule has 1 aliphatic rings. The fraction of sp³-hybridized carbons (Fsp3) is 0.433. The van der Waals surface area contributed by atoms with Crippen molar-refractivity contribution in [1.29, 1.82) is 0 Å². The van der Waals surface area contributed by atoms with Gasteiger partial charge in [-0.2, -0.15) is 18.3 Å². The van der Waals surface area contributed by atoms with E-state index in [4.69, 9.17) is 0 Å². The van der Waals surface area contributed by atoms with Crippen molar-refractivity contribution in [2.45, 2.75) is 65.6 Å². The van der Waals surface area contributed by atoms with E-state index in [1.165, 1.54) is 30.2 Å². The van der Waals surface area contributed by atoms with Gasteiger partial charge in [0.05, 0.1) is 12.1 Å². The van der Waals surface area contributed by atoms with Crippen LogP contribution in [0.15, 0.2) is 73.5 Å². The summed E-state index contributed by atoms with van der Waals surface area (Å²) in [5.74, 6) is -0.472. The van der Waals surface area contributed by atoms with Crippen LogP contribution in [-0.4, -0.2) is 59.4 Å². The number of carbonyl (C=O) groups is 2. The van der Waals surface area contributed by atoms with Crippen molar-refractivity contribution in [3.8, 4) is 11.3 Å². The second kappa shape index (κ2) is 20.1. The summed E-state index contributed by atoms with van der Waals surface area (Å²) in [6.07, 6.45) is 6.13. The van der Waals surface area contributed by atoms with Crippen LogP contribution in [-0.2, 0) is 11.2 Å². The molecule has 40 heavy (non-hydrogen) atoms. The summed E-state index contributed by atoms with van der Waals surface area (Å²) in [6.45, 7) is 14.1. The predicted octanol–water partition coefficient (Wildman–Crippen LogP) is 6.83. The van der Waals surface area contributed by atoms with Gasteiger partial charge < -0.3 is 15.5 Å². The zero-order valence-electron chi connectivity index (χ0n) is 24.3. The molecule has 1 aromatic carbocycles. The number of hydrogen-bond donors (Lipinski definition) is 3. The number of nitrogens with one attached hydrogen (secondary N) is 3. The number of halogens is 3. The van der Waals surface area contributed by atoms with Crippen molar-refractivity contribution in [2.24, 2.45) is 0 Å². The third-order valence-electron chi connectivity index (χ3n) is 5.35. The summed E-state index contributed by atoms with van der Waals surface area (Å²) in [4.78, 5) is 23.4. The van der Waals surface area contributed by atoms with E-state index in [1.54, 1.807) is 6.20 Å². The average molecular weight is 564 g/mol. The monoisotopic (exact) mass is 563 g/mol. The minimum atomic E-state index is -4.34. The van der Waals surface area contributed by atoms with Gasteiger partial charge in [0.15, 0.2) is 0 Å². The van der Waals surface area contributed by atoms with E-state index >= 15 is 0 Å². The lowest BCUT2D eigenvalue weighted by atomic mass is 10.1. The smallest absolute Gasteiger partial charge is 0.357 e. The maximum Gasteiger partial charge on any atom is 0.390 e. The summed E-state index contributed by atoms with van der Waals surface area (Å²) in [6, 6.07) is 9.08. The molecule has 3 amide bonds. The zero-order chi connectivity index (χ0) is 30.6. The molecule has 222 valence electrons. The van der Waals surface area contributed by atoms with Crippen LogP contribution in [0.1, 0.15) is 52.5 Å². The Morgan fingerprint density at radius 3 is 2.45 bits per heavy atom. The molecular formula is C30H44F3N5O2. The first-order chi connectivity index (χ1) is 19.0. The molecule has 3 rings (SSSR count). The molecule has 1 aliphatic heterocycles. The number of amides is 3. The summed E-state index contributed by atoms with van der Waals surface area (Å²) < 4.78 is 36.0. The second-order valence-corrected chi connectivity index (χ2v) is 8.88. The molecule has 1 atom stereocenters. The second-order valence-electron chi connectivity index (χ2n) is 8.88. The minimum absolute atomic E-state index is 0.0381. The number of aryl methyl sites for hydroxylation is 1. The number of carbonyl (C=O) groups excluding carboxylic acids is 2. The SMILES string of the molecule is C=C.CC/C=C\C=C(C)C.CCCc1cccc(-c2ccn[nH]2)c1.CNC(=O)[C@H]1CNC(=O)N1CCC(F)(F)F. The zero-order valence-corrected chi connectivity index (χ0v) is 24.3. The van der Waals surface area contributed by atoms with Gasteiger partial charge in [-0.15, -0.1) is 13.2 Å². The van der Waals surface area contributed by atoms with Gasteiger partial charge in [0, 0.05) is 26.3 Å². The largest absolute Gasteiger partial charge is 0.390 e. The van der Waals surface area contributed by atoms with Crippen LogP contribution in [0.3, 0.4) is 0 Å². The first-order valence-corrected chi connectivity index (χ1v) is 13.2. The summed E-state index contributed by atoms with van der Waals surface area (Å²) >= 11 is 0. The van der Waals surface area contributed by atoms with E-state index in [-0.39, 0.29) is 6.54 Å². The summed E-state index contributed by atoms with van der Waals surface area (Å²) in [7, 11) is 1.37. The van der Waals surface area contributed by atoms with Gasteiger partial charge in [0.25, 0.3) is 0 Å². The molecule has 1 saturated heterocycles. The molecule has 1 fully saturated rings. The summed E-state index contributed by atoms with van der Waals surface area (Å²) in [5.41, 5.74) is 5.05. The van der Waals surface area contributed by atoms with E-state index in [0.717, 1.165) is 23.4 Å². The van der Waals surface area contributed by atoms with Crippen LogP contribution in [0.5, 0.6) is 0 Å². The van der Waals surface area contributed by atoms with E-state index in [9.17, 15) is 22.8 Å². The topological polar surface area (TPSA) is 90.1 Å². The maximum atomic E-state index is 12.0. The van der Waals surface area contributed by atoms with Gasteiger partial charge in [-0.1, -0.05) is 62.3 Å². The van der Waals surface area contributed by atoms with Crippen molar-refractivity contribution in [2.75, 3.05) is 20.1 Å². The van der Waals surface area contributed by atoms with Crippen molar-refractivity contribution in [3.63, 3.8) is 0 Å².